The number of anilines is 3. The van der Waals surface area contributed by atoms with Crippen molar-refractivity contribution >= 4 is 23.5 Å². The lowest BCUT2D eigenvalue weighted by molar-refractivity contribution is -0.115. The summed E-state index contributed by atoms with van der Waals surface area (Å²) >= 11 is 0. The van der Waals surface area contributed by atoms with Gasteiger partial charge < -0.3 is 9.73 Å². The van der Waals surface area contributed by atoms with Gasteiger partial charge in [0.1, 0.15) is 5.82 Å². The zero-order valence-electron chi connectivity index (χ0n) is 15.0. The molecule has 3 aromatic heterocycles. The second-order valence-electron chi connectivity index (χ2n) is 6.02. The Morgan fingerprint density at radius 3 is 2.76 bits per heavy atom. The smallest absolute Gasteiger partial charge is 0.301 e. The van der Waals surface area contributed by atoms with Crippen molar-refractivity contribution in [1.82, 2.24) is 19.9 Å². The highest BCUT2D eigenvalue weighted by Crippen LogP contribution is 2.23. The normalized spacial score (nSPS) is 10.5. The summed E-state index contributed by atoms with van der Waals surface area (Å²) in [6, 6.07) is 8.09. The van der Waals surface area contributed by atoms with Crippen LogP contribution in [-0.2, 0) is 11.2 Å². The molecule has 2 N–H and O–H groups in total. The number of carbonyl (C=O) groups is 1. The average Bonchev–Trinajstić information content (AvgIpc) is 3.17. The zero-order chi connectivity index (χ0) is 20.1. The van der Waals surface area contributed by atoms with E-state index in [2.05, 4.69) is 30.6 Å². The predicted octanol–water partition coefficient (Wildman–Crippen LogP) is 3.59. The van der Waals surface area contributed by atoms with Crippen LogP contribution in [-0.4, -0.2) is 25.8 Å². The number of amides is 1. The first-order chi connectivity index (χ1) is 14.2. The van der Waals surface area contributed by atoms with Crippen molar-refractivity contribution in [3.05, 3.63) is 78.9 Å². The van der Waals surface area contributed by atoms with Crippen molar-refractivity contribution in [3.63, 3.8) is 0 Å². The molecule has 0 fully saturated rings. The molecule has 0 aliphatic rings. The second kappa shape index (κ2) is 8.26. The number of oxazole rings is 1. The standard InChI is InChI=1S/C20H15FN6O2/c21-16-4-2-1-3-13(16)8-18(28)27-19-12-25-20(29-19)26-15-7-14(9-23-10-15)17-11-22-5-6-24-17/h1-7,9-12H,8H2,(H,25,26)(H,27,28). The summed E-state index contributed by atoms with van der Waals surface area (Å²) in [5.74, 6) is -0.700. The van der Waals surface area contributed by atoms with Gasteiger partial charge in [0.15, 0.2) is 0 Å². The summed E-state index contributed by atoms with van der Waals surface area (Å²) in [5.41, 5.74) is 2.37. The Labute approximate surface area is 164 Å². The van der Waals surface area contributed by atoms with E-state index in [1.165, 1.54) is 12.3 Å². The van der Waals surface area contributed by atoms with Gasteiger partial charge in [-0.15, -0.1) is 0 Å². The SMILES string of the molecule is O=C(Cc1ccccc1F)Nc1cnc(Nc2cncc(-c3cnccn3)c2)o1. The molecule has 0 spiro atoms. The Morgan fingerprint density at radius 1 is 1.03 bits per heavy atom. The molecule has 29 heavy (non-hydrogen) atoms. The molecule has 0 atom stereocenters. The first-order valence-corrected chi connectivity index (χ1v) is 8.65. The number of nitrogens with zero attached hydrogens (tertiary/aromatic N) is 4. The Kier molecular flexibility index (Phi) is 5.19. The first kappa shape index (κ1) is 18.2. The van der Waals surface area contributed by atoms with E-state index in [-0.39, 0.29) is 18.3 Å². The number of benzene rings is 1. The largest absolute Gasteiger partial charge is 0.407 e. The number of hydrogen-bond acceptors (Lipinski definition) is 7. The molecular formula is C20H15FN6O2. The van der Waals surface area contributed by atoms with E-state index in [0.717, 1.165) is 5.56 Å². The van der Waals surface area contributed by atoms with E-state index < -0.39 is 11.7 Å². The molecule has 8 nitrogen and oxygen atoms in total. The number of halogens is 1. The monoisotopic (exact) mass is 390 g/mol. The highest BCUT2D eigenvalue weighted by molar-refractivity contribution is 5.91. The van der Waals surface area contributed by atoms with Crippen LogP contribution in [0.25, 0.3) is 11.3 Å². The average molecular weight is 390 g/mol. The molecule has 4 aromatic rings. The van der Waals surface area contributed by atoms with Gasteiger partial charge >= 0.3 is 6.01 Å². The highest BCUT2D eigenvalue weighted by Gasteiger charge is 2.11. The van der Waals surface area contributed by atoms with E-state index in [4.69, 9.17) is 4.42 Å². The van der Waals surface area contributed by atoms with Gasteiger partial charge in [0.05, 0.1) is 36.4 Å². The van der Waals surface area contributed by atoms with Crippen LogP contribution in [0.2, 0.25) is 0 Å². The maximum absolute atomic E-state index is 13.7. The minimum atomic E-state index is -0.432. The van der Waals surface area contributed by atoms with Crippen molar-refractivity contribution < 1.29 is 13.6 Å². The molecule has 0 saturated carbocycles. The highest BCUT2D eigenvalue weighted by atomic mass is 19.1. The Hall–Kier alpha value is -4.14. The molecule has 0 aliphatic heterocycles. The Bertz CT molecular complexity index is 1130. The third-order valence-electron chi connectivity index (χ3n) is 3.93. The molecule has 0 saturated heterocycles. The van der Waals surface area contributed by atoms with Crippen molar-refractivity contribution in [2.24, 2.45) is 0 Å². The first-order valence-electron chi connectivity index (χ1n) is 8.65. The van der Waals surface area contributed by atoms with Crippen LogP contribution >= 0.6 is 0 Å². The van der Waals surface area contributed by atoms with Crippen LogP contribution in [0.15, 0.2) is 71.9 Å². The quantitative estimate of drug-likeness (QED) is 0.518. The van der Waals surface area contributed by atoms with E-state index in [1.807, 2.05) is 6.07 Å². The van der Waals surface area contributed by atoms with Crippen LogP contribution in [0.1, 0.15) is 5.56 Å². The molecule has 1 aromatic carbocycles. The number of carbonyl (C=O) groups excluding carboxylic acids is 1. The van der Waals surface area contributed by atoms with Crippen molar-refractivity contribution in [2.75, 3.05) is 10.6 Å². The Morgan fingerprint density at radius 2 is 1.93 bits per heavy atom. The van der Waals surface area contributed by atoms with Crippen LogP contribution in [0.4, 0.5) is 22.0 Å². The molecule has 4 rings (SSSR count). The summed E-state index contributed by atoms with van der Waals surface area (Å²) in [5, 5.41) is 5.52. The van der Waals surface area contributed by atoms with E-state index in [0.29, 0.717) is 16.9 Å². The molecule has 0 bridgehead atoms. The van der Waals surface area contributed by atoms with E-state index >= 15 is 0 Å². The van der Waals surface area contributed by atoms with E-state index in [9.17, 15) is 9.18 Å². The molecule has 0 aliphatic carbocycles. The van der Waals surface area contributed by atoms with Gasteiger partial charge in [0.2, 0.25) is 11.8 Å². The third-order valence-corrected chi connectivity index (χ3v) is 3.93. The van der Waals surface area contributed by atoms with Crippen LogP contribution in [0, 0.1) is 5.82 Å². The van der Waals surface area contributed by atoms with Gasteiger partial charge in [-0.1, -0.05) is 18.2 Å². The van der Waals surface area contributed by atoms with Crippen molar-refractivity contribution in [3.8, 4) is 11.3 Å². The summed E-state index contributed by atoms with van der Waals surface area (Å²) in [6.45, 7) is 0. The van der Waals surface area contributed by atoms with Gasteiger partial charge in [-0.3, -0.25) is 25.1 Å². The Balaban J connectivity index is 1.41. The third kappa shape index (κ3) is 4.59. The molecule has 3 heterocycles. The second-order valence-corrected chi connectivity index (χ2v) is 6.02. The number of nitrogens with one attached hydrogen (secondary N) is 2. The van der Waals surface area contributed by atoms with Crippen molar-refractivity contribution in [2.45, 2.75) is 6.42 Å². The fourth-order valence-corrected chi connectivity index (χ4v) is 2.61. The van der Waals surface area contributed by atoms with Gasteiger partial charge in [0.25, 0.3) is 0 Å². The molecule has 0 radical (unpaired) electrons. The number of hydrogen-bond donors (Lipinski definition) is 2. The summed E-state index contributed by atoms with van der Waals surface area (Å²) in [7, 11) is 0. The van der Waals surface area contributed by atoms with Crippen LogP contribution in [0.3, 0.4) is 0 Å². The fourth-order valence-electron chi connectivity index (χ4n) is 2.61. The summed E-state index contributed by atoms with van der Waals surface area (Å²) < 4.78 is 19.1. The summed E-state index contributed by atoms with van der Waals surface area (Å²) in [6.07, 6.45) is 9.34. The lowest BCUT2D eigenvalue weighted by Gasteiger charge is -2.05. The predicted molar refractivity (Wildman–Crippen MR) is 104 cm³/mol. The molecular weight excluding hydrogens is 375 g/mol. The van der Waals surface area contributed by atoms with Gasteiger partial charge in [-0.25, -0.2) is 4.39 Å². The van der Waals surface area contributed by atoms with Gasteiger partial charge in [-0.05, 0) is 17.7 Å². The van der Waals surface area contributed by atoms with Gasteiger partial charge in [0, 0.05) is 24.2 Å². The zero-order valence-corrected chi connectivity index (χ0v) is 15.0. The maximum atomic E-state index is 13.7. The minimum Gasteiger partial charge on any atom is -0.407 e. The molecule has 0 unspecified atom stereocenters. The van der Waals surface area contributed by atoms with Crippen LogP contribution < -0.4 is 10.6 Å². The molecule has 144 valence electrons. The molecule has 1 amide bonds. The van der Waals surface area contributed by atoms with E-state index in [1.54, 1.807) is 49.2 Å². The number of pyridine rings is 1. The van der Waals surface area contributed by atoms with Gasteiger partial charge in [-0.2, -0.15) is 4.98 Å². The minimum absolute atomic E-state index is 0.111. The van der Waals surface area contributed by atoms with Crippen molar-refractivity contribution in [1.29, 1.82) is 0 Å². The molecule has 9 heteroatoms. The lowest BCUT2D eigenvalue weighted by atomic mass is 10.1. The summed E-state index contributed by atoms with van der Waals surface area (Å²) in [4.78, 5) is 28.6. The topological polar surface area (TPSA) is 106 Å². The van der Waals surface area contributed by atoms with Crippen LogP contribution in [0.5, 0.6) is 0 Å². The number of rotatable bonds is 6. The maximum Gasteiger partial charge on any atom is 0.301 e. The fraction of sp³-hybridized carbons (Fsp3) is 0.0500. The lowest BCUT2D eigenvalue weighted by Crippen LogP contribution is -2.14. The number of aromatic nitrogens is 4.